The highest BCUT2D eigenvalue weighted by atomic mass is 16.5. The van der Waals surface area contributed by atoms with Gasteiger partial charge in [-0.25, -0.2) is 0 Å². The van der Waals surface area contributed by atoms with Crippen LogP contribution in [-0.4, -0.2) is 35.7 Å². The summed E-state index contributed by atoms with van der Waals surface area (Å²) < 4.78 is 5.64. The van der Waals surface area contributed by atoms with Gasteiger partial charge in [0.25, 0.3) is 0 Å². The summed E-state index contributed by atoms with van der Waals surface area (Å²) >= 11 is 0. The van der Waals surface area contributed by atoms with Gasteiger partial charge in [0.1, 0.15) is 6.61 Å². The van der Waals surface area contributed by atoms with E-state index in [0.29, 0.717) is 12.8 Å². The Balaban J connectivity index is 4.37. The highest BCUT2D eigenvalue weighted by molar-refractivity contribution is 5.76. The number of unbranched alkanes of at least 4 members (excludes halogenated alkanes) is 37. The molecule has 0 aliphatic rings. The molecular weight excluding hydrogens is 703 g/mol. The molecule has 0 unspecified atom stereocenters. The van der Waals surface area contributed by atoms with Crippen LogP contribution in [0.2, 0.25) is 0 Å². The molecule has 0 radical (unpaired) electrons. The number of amides is 1. The minimum absolute atomic E-state index is 0.0197. The first kappa shape index (κ1) is 55.6. The monoisotopic (exact) mass is 804 g/mol. The Labute approximate surface area is 356 Å². The van der Waals surface area contributed by atoms with E-state index in [4.69, 9.17) is 4.74 Å². The Morgan fingerprint density at radius 3 is 1.09 bits per heavy atom. The molecule has 338 valence electrons. The van der Waals surface area contributed by atoms with Crippen LogP contribution in [0.25, 0.3) is 0 Å². The molecule has 0 aromatic carbocycles. The van der Waals surface area contributed by atoms with E-state index >= 15 is 0 Å². The molecule has 0 bridgehead atoms. The molecule has 0 saturated carbocycles. The Bertz CT molecular complexity index is 844. The molecule has 57 heavy (non-hydrogen) atoms. The summed E-state index contributed by atoms with van der Waals surface area (Å²) in [6.45, 7) is 6.84. The molecule has 0 heterocycles. The number of aliphatic hydroxyl groups is 1. The van der Waals surface area contributed by atoms with Crippen LogP contribution < -0.4 is 5.32 Å². The maximum absolute atomic E-state index is 12.9. The largest absolute Gasteiger partial charge is 0.463 e. The maximum atomic E-state index is 12.9. The molecule has 5 nitrogen and oxygen atoms in total. The van der Waals surface area contributed by atoms with Crippen molar-refractivity contribution >= 4 is 11.9 Å². The van der Waals surface area contributed by atoms with Crippen LogP contribution in [0.15, 0.2) is 12.2 Å². The molecule has 5 heteroatoms. The lowest BCUT2D eigenvalue weighted by molar-refractivity contribution is -0.146. The van der Waals surface area contributed by atoms with Crippen LogP contribution in [0, 0.1) is 0 Å². The number of nitrogens with one attached hydrogen (secondary N) is 1. The Morgan fingerprint density at radius 2 is 0.737 bits per heavy atom. The lowest BCUT2D eigenvalue weighted by atomic mass is 10.0. The number of ether oxygens (including phenoxy) is 1. The predicted molar refractivity (Wildman–Crippen MR) is 249 cm³/mol. The number of carbonyl (C=O) groups excluding carboxylic acids is 2. The SMILES string of the molecule is CCCCCCCCCCCCC/C=C/[C@@H](O)[C@H](COC(=O)CCCCCCCCCCCCCCCCC)NC(=O)CCCCCCCCCCCCCCC. The van der Waals surface area contributed by atoms with E-state index in [2.05, 4.69) is 26.1 Å². The van der Waals surface area contributed by atoms with Crippen molar-refractivity contribution in [3.8, 4) is 0 Å². The second kappa shape index (κ2) is 47.3. The van der Waals surface area contributed by atoms with Crippen molar-refractivity contribution in [1.29, 1.82) is 0 Å². The van der Waals surface area contributed by atoms with Gasteiger partial charge in [-0.05, 0) is 25.7 Å². The first-order valence-electron chi connectivity index (χ1n) is 25.8. The molecule has 0 saturated heterocycles. The molecule has 0 aromatic rings. The molecule has 0 spiro atoms. The van der Waals surface area contributed by atoms with Crippen LogP contribution in [0.4, 0.5) is 0 Å². The van der Waals surface area contributed by atoms with Crippen molar-refractivity contribution in [3.05, 3.63) is 12.2 Å². The topological polar surface area (TPSA) is 75.6 Å². The van der Waals surface area contributed by atoms with Crippen molar-refractivity contribution in [1.82, 2.24) is 5.32 Å². The number of allylic oxidation sites excluding steroid dienone is 1. The fourth-order valence-electron chi connectivity index (χ4n) is 8.00. The third kappa shape index (κ3) is 44.0. The van der Waals surface area contributed by atoms with Crippen molar-refractivity contribution in [2.75, 3.05) is 6.61 Å². The zero-order chi connectivity index (χ0) is 41.5. The van der Waals surface area contributed by atoms with Crippen LogP contribution in [-0.2, 0) is 14.3 Å². The van der Waals surface area contributed by atoms with Crippen LogP contribution in [0.3, 0.4) is 0 Å². The summed E-state index contributed by atoms with van der Waals surface area (Å²) in [5, 5.41) is 14.1. The number of hydrogen-bond donors (Lipinski definition) is 2. The zero-order valence-corrected chi connectivity index (χ0v) is 38.9. The number of hydrogen-bond acceptors (Lipinski definition) is 4. The van der Waals surface area contributed by atoms with Gasteiger partial charge < -0.3 is 15.2 Å². The van der Waals surface area contributed by atoms with E-state index in [9.17, 15) is 14.7 Å². The first-order chi connectivity index (χ1) is 28.0. The van der Waals surface area contributed by atoms with E-state index in [0.717, 1.165) is 38.5 Å². The van der Waals surface area contributed by atoms with Crippen molar-refractivity contribution < 1.29 is 19.4 Å². The molecule has 0 aliphatic carbocycles. The first-order valence-corrected chi connectivity index (χ1v) is 25.8. The van der Waals surface area contributed by atoms with Gasteiger partial charge in [-0.3, -0.25) is 9.59 Å². The number of aliphatic hydroxyl groups excluding tert-OH is 1. The minimum Gasteiger partial charge on any atom is -0.463 e. The zero-order valence-electron chi connectivity index (χ0n) is 38.9. The normalized spacial score (nSPS) is 12.7. The van der Waals surface area contributed by atoms with Crippen molar-refractivity contribution in [2.24, 2.45) is 0 Å². The number of carbonyl (C=O) groups is 2. The molecular formula is C52H101NO4. The second-order valence-electron chi connectivity index (χ2n) is 17.8. The summed E-state index contributed by atoms with van der Waals surface area (Å²) in [6, 6.07) is -0.613. The van der Waals surface area contributed by atoms with E-state index < -0.39 is 12.1 Å². The van der Waals surface area contributed by atoms with Gasteiger partial charge in [-0.2, -0.15) is 0 Å². The Kier molecular flexibility index (Phi) is 46.2. The highest BCUT2D eigenvalue weighted by Gasteiger charge is 2.21. The molecule has 0 aliphatic heterocycles. The lowest BCUT2D eigenvalue weighted by Crippen LogP contribution is -2.46. The summed E-state index contributed by atoms with van der Waals surface area (Å²) in [5.41, 5.74) is 0. The van der Waals surface area contributed by atoms with Gasteiger partial charge in [0.05, 0.1) is 12.1 Å². The quantitative estimate of drug-likeness (QED) is 0.0365. The van der Waals surface area contributed by atoms with Gasteiger partial charge in [0.15, 0.2) is 0 Å². The van der Waals surface area contributed by atoms with E-state index in [1.165, 1.54) is 218 Å². The number of esters is 1. The fraction of sp³-hybridized carbons (Fsp3) is 0.923. The molecule has 0 aromatic heterocycles. The van der Waals surface area contributed by atoms with Crippen LogP contribution >= 0.6 is 0 Å². The van der Waals surface area contributed by atoms with Gasteiger partial charge in [0, 0.05) is 12.8 Å². The van der Waals surface area contributed by atoms with E-state index in [-0.39, 0.29) is 18.5 Å². The third-order valence-corrected chi connectivity index (χ3v) is 12.0. The summed E-state index contributed by atoms with van der Waals surface area (Å²) in [7, 11) is 0. The average molecular weight is 804 g/mol. The standard InChI is InChI=1S/C52H101NO4/c1-4-7-10-13-16-19-22-25-26-29-32-35-38-41-44-47-52(56)57-48-49(50(54)45-42-39-36-33-30-27-23-20-17-14-11-8-5-2)53-51(55)46-43-40-37-34-31-28-24-21-18-15-12-9-6-3/h42,45,49-50,54H,4-41,43-44,46-48H2,1-3H3,(H,53,55)/b45-42+/t49-,50+/m0/s1. The smallest absolute Gasteiger partial charge is 0.305 e. The van der Waals surface area contributed by atoms with Gasteiger partial charge in [-0.1, -0.05) is 264 Å². The summed E-state index contributed by atoms with van der Waals surface area (Å²) in [5.74, 6) is -0.281. The van der Waals surface area contributed by atoms with Gasteiger partial charge in [0.2, 0.25) is 5.91 Å². The van der Waals surface area contributed by atoms with E-state index in [1.54, 1.807) is 6.08 Å². The van der Waals surface area contributed by atoms with Gasteiger partial charge >= 0.3 is 5.97 Å². The minimum atomic E-state index is -0.869. The average Bonchev–Trinajstić information content (AvgIpc) is 3.21. The van der Waals surface area contributed by atoms with Crippen molar-refractivity contribution in [3.63, 3.8) is 0 Å². The molecule has 2 atom stereocenters. The molecule has 0 rings (SSSR count). The summed E-state index contributed by atoms with van der Waals surface area (Å²) in [6.07, 6.45) is 55.3. The summed E-state index contributed by atoms with van der Waals surface area (Å²) in [4.78, 5) is 25.6. The fourth-order valence-corrected chi connectivity index (χ4v) is 8.00. The Morgan fingerprint density at radius 1 is 0.439 bits per heavy atom. The van der Waals surface area contributed by atoms with Crippen molar-refractivity contribution in [2.45, 2.75) is 303 Å². The third-order valence-electron chi connectivity index (χ3n) is 12.0. The van der Waals surface area contributed by atoms with Gasteiger partial charge in [-0.15, -0.1) is 0 Å². The predicted octanol–water partition coefficient (Wildman–Crippen LogP) is 16.4. The lowest BCUT2D eigenvalue weighted by Gasteiger charge is -2.22. The van der Waals surface area contributed by atoms with E-state index in [1.807, 2.05) is 6.08 Å². The van der Waals surface area contributed by atoms with Crippen LogP contribution in [0.1, 0.15) is 290 Å². The number of rotatable bonds is 47. The molecule has 2 N–H and O–H groups in total. The highest BCUT2D eigenvalue weighted by Crippen LogP contribution is 2.16. The maximum Gasteiger partial charge on any atom is 0.305 e. The second-order valence-corrected chi connectivity index (χ2v) is 17.8. The Hall–Kier alpha value is -1.36. The molecule has 1 amide bonds. The van der Waals surface area contributed by atoms with Crippen LogP contribution in [0.5, 0.6) is 0 Å². The molecule has 0 fully saturated rings.